The van der Waals surface area contributed by atoms with Gasteiger partial charge in [0.2, 0.25) is 0 Å². The first kappa shape index (κ1) is 22.0. The first-order chi connectivity index (χ1) is 10.7. The van der Waals surface area contributed by atoms with E-state index in [2.05, 4.69) is 19.8 Å². The van der Waals surface area contributed by atoms with Crippen LogP contribution in [-0.2, 0) is 4.79 Å². The zero-order valence-corrected chi connectivity index (χ0v) is 15.5. The summed E-state index contributed by atoms with van der Waals surface area (Å²) in [6.07, 6.45) is 14.6. The van der Waals surface area contributed by atoms with Crippen molar-refractivity contribution in [1.29, 1.82) is 0 Å². The van der Waals surface area contributed by atoms with Gasteiger partial charge in [-0.3, -0.25) is 4.79 Å². The van der Waals surface area contributed by atoms with E-state index in [1.807, 2.05) is 0 Å². The van der Waals surface area contributed by atoms with Crippen LogP contribution in [0, 0.1) is 30.1 Å². The fourth-order valence-electron chi connectivity index (χ4n) is 2.87. The third-order valence-corrected chi connectivity index (χ3v) is 4.82. The average Bonchev–Trinajstić information content (AvgIpc) is 2.46. The minimum absolute atomic E-state index is 0.220. The minimum atomic E-state index is -0.957. The van der Waals surface area contributed by atoms with Crippen LogP contribution in [0.5, 0.6) is 0 Å². The van der Waals surface area contributed by atoms with Gasteiger partial charge in [0.15, 0.2) is 0 Å². The lowest BCUT2D eigenvalue weighted by Crippen LogP contribution is -2.20. The molecule has 0 bridgehead atoms. The van der Waals surface area contributed by atoms with E-state index >= 15 is 0 Å². The van der Waals surface area contributed by atoms with E-state index in [4.69, 9.17) is 11.5 Å². The Labute approximate surface area is 142 Å². The first-order valence-electron chi connectivity index (χ1n) is 9.11. The van der Waals surface area contributed by atoms with Gasteiger partial charge in [-0.2, -0.15) is 0 Å². The Balaban J connectivity index is 3.65. The van der Waals surface area contributed by atoms with Crippen molar-refractivity contribution in [2.24, 2.45) is 17.8 Å². The number of aliphatic carboxylic acids is 1. The quantitative estimate of drug-likeness (QED) is 0.475. The largest absolute Gasteiger partial charge is 0.481 e. The SMILES string of the molecule is C#CC(C)(O)CCCC(C)CCCC(C)CCCC(C)C(=O)O. The Bertz CT molecular complexity index is 368. The van der Waals surface area contributed by atoms with Gasteiger partial charge in [0.25, 0.3) is 0 Å². The summed E-state index contributed by atoms with van der Waals surface area (Å²) >= 11 is 0. The molecule has 23 heavy (non-hydrogen) atoms. The number of carboxylic acid groups (broad SMARTS) is 1. The smallest absolute Gasteiger partial charge is 0.306 e. The molecule has 0 rings (SSSR count). The second kappa shape index (κ2) is 11.5. The second-order valence-electron chi connectivity index (χ2n) is 7.62. The standard InChI is InChI=1S/C20H36O3/c1-6-20(5,23)15-9-13-17(3)11-7-10-16(2)12-8-14-18(4)19(21)22/h1,16-18,23H,7-15H2,2-5H3,(H,21,22). The maximum Gasteiger partial charge on any atom is 0.306 e. The molecule has 0 spiro atoms. The van der Waals surface area contributed by atoms with E-state index in [9.17, 15) is 9.90 Å². The van der Waals surface area contributed by atoms with Crippen molar-refractivity contribution >= 4 is 5.97 Å². The Morgan fingerprint density at radius 2 is 1.43 bits per heavy atom. The monoisotopic (exact) mass is 324 g/mol. The van der Waals surface area contributed by atoms with Crippen LogP contribution in [-0.4, -0.2) is 21.8 Å². The molecule has 4 atom stereocenters. The number of rotatable bonds is 13. The van der Waals surface area contributed by atoms with Crippen LogP contribution in [0.4, 0.5) is 0 Å². The zero-order valence-electron chi connectivity index (χ0n) is 15.5. The highest BCUT2D eigenvalue weighted by Crippen LogP contribution is 2.22. The van der Waals surface area contributed by atoms with Gasteiger partial charge in [-0.1, -0.05) is 65.2 Å². The molecule has 4 unspecified atom stereocenters. The van der Waals surface area contributed by atoms with Crippen LogP contribution in [0.1, 0.15) is 85.5 Å². The maximum absolute atomic E-state index is 10.8. The summed E-state index contributed by atoms with van der Waals surface area (Å²) in [5, 5.41) is 18.6. The topological polar surface area (TPSA) is 57.5 Å². The highest BCUT2D eigenvalue weighted by Gasteiger charge is 2.16. The van der Waals surface area contributed by atoms with Gasteiger partial charge < -0.3 is 10.2 Å². The van der Waals surface area contributed by atoms with Crippen LogP contribution in [0.3, 0.4) is 0 Å². The van der Waals surface area contributed by atoms with E-state index in [1.54, 1.807) is 13.8 Å². The lowest BCUT2D eigenvalue weighted by Gasteiger charge is -2.18. The lowest BCUT2D eigenvalue weighted by molar-refractivity contribution is -0.141. The van der Waals surface area contributed by atoms with Crippen molar-refractivity contribution in [1.82, 2.24) is 0 Å². The molecule has 0 aliphatic carbocycles. The van der Waals surface area contributed by atoms with Gasteiger partial charge >= 0.3 is 5.97 Å². The molecule has 0 aliphatic heterocycles. The molecule has 0 amide bonds. The first-order valence-corrected chi connectivity index (χ1v) is 9.11. The number of terminal acetylenes is 1. The highest BCUT2D eigenvalue weighted by molar-refractivity contribution is 5.69. The van der Waals surface area contributed by atoms with Gasteiger partial charge in [-0.25, -0.2) is 0 Å². The summed E-state index contributed by atoms with van der Waals surface area (Å²) in [4.78, 5) is 10.8. The van der Waals surface area contributed by atoms with Crippen LogP contribution < -0.4 is 0 Å². The fraction of sp³-hybridized carbons (Fsp3) is 0.850. The highest BCUT2D eigenvalue weighted by atomic mass is 16.4. The lowest BCUT2D eigenvalue weighted by atomic mass is 9.90. The summed E-state index contributed by atoms with van der Waals surface area (Å²) in [5.41, 5.74) is -0.957. The van der Waals surface area contributed by atoms with Crippen molar-refractivity contribution < 1.29 is 15.0 Å². The fourth-order valence-corrected chi connectivity index (χ4v) is 2.87. The third kappa shape index (κ3) is 12.1. The van der Waals surface area contributed by atoms with Crippen LogP contribution in [0.25, 0.3) is 0 Å². The van der Waals surface area contributed by atoms with E-state index in [1.165, 1.54) is 19.3 Å². The Hall–Kier alpha value is -1.01. The van der Waals surface area contributed by atoms with Gasteiger partial charge in [-0.05, 0) is 38.0 Å². The zero-order chi connectivity index (χ0) is 17.9. The molecule has 0 aromatic rings. The van der Waals surface area contributed by atoms with Gasteiger partial charge in [-0.15, -0.1) is 6.42 Å². The number of carbonyl (C=O) groups is 1. The molecule has 2 N–H and O–H groups in total. The van der Waals surface area contributed by atoms with Gasteiger partial charge in [0.05, 0.1) is 5.92 Å². The van der Waals surface area contributed by atoms with Crippen molar-refractivity contribution in [2.75, 3.05) is 0 Å². The van der Waals surface area contributed by atoms with E-state index < -0.39 is 11.6 Å². The molecule has 0 saturated carbocycles. The Kier molecular flexibility index (Phi) is 11.0. The van der Waals surface area contributed by atoms with E-state index in [-0.39, 0.29) is 5.92 Å². The average molecular weight is 325 g/mol. The summed E-state index contributed by atoms with van der Waals surface area (Å²) in [6, 6.07) is 0. The summed E-state index contributed by atoms with van der Waals surface area (Å²) in [6.45, 7) is 8.01. The predicted molar refractivity (Wildman–Crippen MR) is 96.1 cm³/mol. The molecular weight excluding hydrogens is 288 g/mol. The van der Waals surface area contributed by atoms with Crippen molar-refractivity contribution in [3.05, 3.63) is 0 Å². The molecule has 0 radical (unpaired) electrons. The third-order valence-electron chi connectivity index (χ3n) is 4.82. The number of carboxylic acids is 1. The van der Waals surface area contributed by atoms with E-state index in [0.717, 1.165) is 32.1 Å². The normalized spacial score (nSPS) is 17.7. The molecule has 0 aromatic heterocycles. The van der Waals surface area contributed by atoms with Crippen LogP contribution in [0.2, 0.25) is 0 Å². The van der Waals surface area contributed by atoms with Gasteiger partial charge in [0, 0.05) is 0 Å². The summed E-state index contributed by atoms with van der Waals surface area (Å²) in [7, 11) is 0. The summed E-state index contributed by atoms with van der Waals surface area (Å²) in [5.74, 6) is 2.86. The molecule has 134 valence electrons. The van der Waals surface area contributed by atoms with Crippen molar-refractivity contribution in [3.63, 3.8) is 0 Å². The maximum atomic E-state index is 10.8. The van der Waals surface area contributed by atoms with Crippen molar-refractivity contribution in [2.45, 2.75) is 91.1 Å². The molecule has 3 heteroatoms. The van der Waals surface area contributed by atoms with Crippen LogP contribution >= 0.6 is 0 Å². The molecule has 0 aliphatic rings. The molecular formula is C20H36O3. The molecule has 0 saturated heterocycles. The summed E-state index contributed by atoms with van der Waals surface area (Å²) < 4.78 is 0. The second-order valence-corrected chi connectivity index (χ2v) is 7.62. The predicted octanol–water partition coefficient (Wildman–Crippen LogP) is 4.87. The molecule has 3 nitrogen and oxygen atoms in total. The number of hydrogen-bond acceptors (Lipinski definition) is 2. The molecule has 0 heterocycles. The number of aliphatic hydroxyl groups is 1. The Morgan fingerprint density at radius 3 is 1.87 bits per heavy atom. The van der Waals surface area contributed by atoms with Gasteiger partial charge in [0.1, 0.15) is 5.60 Å². The minimum Gasteiger partial charge on any atom is -0.481 e. The van der Waals surface area contributed by atoms with Crippen molar-refractivity contribution in [3.8, 4) is 12.3 Å². The van der Waals surface area contributed by atoms with E-state index in [0.29, 0.717) is 18.3 Å². The van der Waals surface area contributed by atoms with Crippen LogP contribution in [0.15, 0.2) is 0 Å². The molecule has 0 aromatic carbocycles. The Morgan fingerprint density at radius 1 is 1.00 bits per heavy atom. The molecule has 0 fully saturated rings. The number of hydrogen-bond donors (Lipinski definition) is 2.